The lowest BCUT2D eigenvalue weighted by molar-refractivity contribution is -0.163. The molecule has 2 aliphatic rings. The molecule has 106 valence electrons. The summed E-state index contributed by atoms with van der Waals surface area (Å²) >= 11 is 0. The molecule has 0 aromatic heterocycles. The van der Waals surface area contributed by atoms with Crippen molar-refractivity contribution in [1.82, 2.24) is 5.32 Å². The van der Waals surface area contributed by atoms with Gasteiger partial charge in [-0.25, -0.2) is 0 Å². The Kier molecular flexibility index (Phi) is 5.46. The van der Waals surface area contributed by atoms with Crippen LogP contribution in [0.2, 0.25) is 0 Å². The SMILES string of the molecule is CCCNC1CC(OC2CCC(C)CC2)C1OC. The van der Waals surface area contributed by atoms with Gasteiger partial charge in [-0.3, -0.25) is 0 Å². The van der Waals surface area contributed by atoms with Crippen molar-refractivity contribution in [3.63, 3.8) is 0 Å². The number of ether oxygens (including phenoxy) is 2. The third kappa shape index (κ3) is 3.46. The Morgan fingerprint density at radius 3 is 2.50 bits per heavy atom. The fourth-order valence-electron chi connectivity index (χ4n) is 3.17. The predicted octanol–water partition coefficient (Wildman–Crippen LogP) is 2.74. The van der Waals surface area contributed by atoms with Crippen LogP contribution in [0.25, 0.3) is 0 Å². The first kappa shape index (κ1) is 14.3. The van der Waals surface area contributed by atoms with Crippen molar-refractivity contribution >= 4 is 0 Å². The van der Waals surface area contributed by atoms with Crippen molar-refractivity contribution in [1.29, 1.82) is 0 Å². The summed E-state index contributed by atoms with van der Waals surface area (Å²) in [5, 5.41) is 3.54. The van der Waals surface area contributed by atoms with E-state index < -0.39 is 0 Å². The van der Waals surface area contributed by atoms with Crippen LogP contribution in [0.3, 0.4) is 0 Å². The van der Waals surface area contributed by atoms with Gasteiger partial charge in [0.25, 0.3) is 0 Å². The maximum absolute atomic E-state index is 6.22. The van der Waals surface area contributed by atoms with E-state index in [0.29, 0.717) is 18.2 Å². The van der Waals surface area contributed by atoms with Crippen molar-refractivity contribution in [3.05, 3.63) is 0 Å². The standard InChI is InChI=1S/C15H29NO2/c1-4-9-16-13-10-14(15(13)17-3)18-12-7-5-11(2)6-8-12/h11-16H,4-10H2,1-3H3. The summed E-state index contributed by atoms with van der Waals surface area (Å²) in [7, 11) is 1.81. The van der Waals surface area contributed by atoms with Gasteiger partial charge in [0.1, 0.15) is 0 Å². The van der Waals surface area contributed by atoms with Crippen molar-refractivity contribution < 1.29 is 9.47 Å². The molecule has 0 saturated heterocycles. The fraction of sp³-hybridized carbons (Fsp3) is 1.00. The lowest BCUT2D eigenvalue weighted by Gasteiger charge is -2.45. The van der Waals surface area contributed by atoms with Gasteiger partial charge >= 0.3 is 0 Å². The molecular formula is C15H29NO2. The molecule has 0 aromatic carbocycles. The molecule has 3 atom stereocenters. The number of hydrogen-bond acceptors (Lipinski definition) is 3. The van der Waals surface area contributed by atoms with E-state index in [-0.39, 0.29) is 6.10 Å². The highest BCUT2D eigenvalue weighted by molar-refractivity contribution is 4.97. The average molecular weight is 255 g/mol. The van der Waals surface area contributed by atoms with Gasteiger partial charge in [-0.2, -0.15) is 0 Å². The maximum Gasteiger partial charge on any atom is 0.0987 e. The largest absolute Gasteiger partial charge is 0.377 e. The summed E-state index contributed by atoms with van der Waals surface area (Å²) in [6.45, 7) is 5.63. The van der Waals surface area contributed by atoms with E-state index in [4.69, 9.17) is 9.47 Å². The minimum atomic E-state index is 0.260. The lowest BCUT2D eigenvalue weighted by atomic mass is 9.83. The van der Waals surface area contributed by atoms with E-state index in [1.54, 1.807) is 0 Å². The van der Waals surface area contributed by atoms with E-state index in [1.807, 2.05) is 7.11 Å². The van der Waals surface area contributed by atoms with Crippen LogP contribution in [0.1, 0.15) is 52.4 Å². The highest BCUT2D eigenvalue weighted by Gasteiger charge is 2.43. The molecule has 0 bridgehead atoms. The summed E-state index contributed by atoms with van der Waals surface area (Å²) in [5.41, 5.74) is 0. The first-order valence-corrected chi connectivity index (χ1v) is 7.66. The molecule has 0 aromatic rings. The van der Waals surface area contributed by atoms with Gasteiger partial charge in [-0.15, -0.1) is 0 Å². The van der Waals surface area contributed by atoms with Crippen LogP contribution in [0, 0.1) is 5.92 Å². The summed E-state index contributed by atoms with van der Waals surface area (Å²) in [6, 6.07) is 0.502. The number of nitrogens with one attached hydrogen (secondary N) is 1. The second-order valence-electron chi connectivity index (χ2n) is 6.05. The molecule has 18 heavy (non-hydrogen) atoms. The average Bonchev–Trinajstić information content (AvgIpc) is 2.35. The summed E-state index contributed by atoms with van der Waals surface area (Å²) < 4.78 is 11.8. The smallest absolute Gasteiger partial charge is 0.0987 e. The maximum atomic E-state index is 6.22. The van der Waals surface area contributed by atoms with Gasteiger partial charge in [-0.1, -0.05) is 13.8 Å². The van der Waals surface area contributed by atoms with Crippen LogP contribution < -0.4 is 5.32 Å². The molecule has 2 saturated carbocycles. The number of rotatable bonds is 6. The van der Waals surface area contributed by atoms with Crippen molar-refractivity contribution in [3.8, 4) is 0 Å². The molecule has 0 heterocycles. The Morgan fingerprint density at radius 2 is 1.89 bits per heavy atom. The zero-order chi connectivity index (χ0) is 13.0. The van der Waals surface area contributed by atoms with Gasteiger partial charge in [0, 0.05) is 13.2 Å². The van der Waals surface area contributed by atoms with E-state index in [2.05, 4.69) is 19.2 Å². The Hall–Kier alpha value is -0.120. The first-order chi connectivity index (χ1) is 8.74. The van der Waals surface area contributed by atoms with Gasteiger partial charge in [0.05, 0.1) is 18.3 Å². The van der Waals surface area contributed by atoms with Crippen molar-refractivity contribution in [2.24, 2.45) is 5.92 Å². The van der Waals surface area contributed by atoms with Gasteiger partial charge in [0.15, 0.2) is 0 Å². The van der Waals surface area contributed by atoms with E-state index in [9.17, 15) is 0 Å². The number of methoxy groups -OCH3 is 1. The second-order valence-corrected chi connectivity index (χ2v) is 6.05. The molecule has 3 heteroatoms. The molecule has 0 aliphatic heterocycles. The quantitative estimate of drug-likeness (QED) is 0.791. The summed E-state index contributed by atoms with van der Waals surface area (Å²) in [4.78, 5) is 0. The Bertz CT molecular complexity index is 239. The van der Waals surface area contributed by atoms with Crippen LogP contribution in [-0.4, -0.2) is 38.0 Å². The minimum Gasteiger partial charge on any atom is -0.377 e. The van der Waals surface area contributed by atoms with Crippen LogP contribution in [0.4, 0.5) is 0 Å². The topological polar surface area (TPSA) is 30.5 Å². The zero-order valence-corrected chi connectivity index (χ0v) is 12.2. The van der Waals surface area contributed by atoms with Crippen LogP contribution in [-0.2, 0) is 9.47 Å². The monoisotopic (exact) mass is 255 g/mol. The van der Waals surface area contributed by atoms with Crippen molar-refractivity contribution in [2.45, 2.75) is 76.7 Å². The van der Waals surface area contributed by atoms with E-state index >= 15 is 0 Å². The van der Waals surface area contributed by atoms with Crippen LogP contribution in [0.5, 0.6) is 0 Å². The Labute approximate surface area is 112 Å². The Morgan fingerprint density at radius 1 is 1.17 bits per heavy atom. The van der Waals surface area contributed by atoms with Crippen molar-refractivity contribution in [2.75, 3.05) is 13.7 Å². The zero-order valence-electron chi connectivity index (χ0n) is 12.2. The molecule has 3 unspecified atom stereocenters. The lowest BCUT2D eigenvalue weighted by Crippen LogP contribution is -2.60. The Balaban J connectivity index is 1.70. The molecule has 0 radical (unpaired) electrons. The van der Waals surface area contributed by atoms with E-state index in [0.717, 1.165) is 18.9 Å². The molecule has 0 amide bonds. The molecule has 1 N–H and O–H groups in total. The highest BCUT2D eigenvalue weighted by atomic mass is 16.5. The third-order valence-electron chi connectivity index (χ3n) is 4.51. The molecule has 2 fully saturated rings. The fourth-order valence-corrected chi connectivity index (χ4v) is 3.17. The number of hydrogen-bond donors (Lipinski definition) is 1. The van der Waals surface area contributed by atoms with Crippen LogP contribution >= 0.6 is 0 Å². The summed E-state index contributed by atoms with van der Waals surface area (Å²) in [5.74, 6) is 0.892. The van der Waals surface area contributed by atoms with Gasteiger partial charge < -0.3 is 14.8 Å². The molecule has 2 rings (SSSR count). The minimum absolute atomic E-state index is 0.260. The highest BCUT2D eigenvalue weighted by Crippen LogP contribution is 2.32. The molecule has 3 nitrogen and oxygen atoms in total. The van der Waals surface area contributed by atoms with Crippen LogP contribution in [0.15, 0.2) is 0 Å². The molecule has 0 spiro atoms. The third-order valence-corrected chi connectivity index (χ3v) is 4.51. The van der Waals surface area contributed by atoms with Gasteiger partial charge in [0.2, 0.25) is 0 Å². The molecular weight excluding hydrogens is 226 g/mol. The normalized spacial score (nSPS) is 40.5. The molecule has 2 aliphatic carbocycles. The van der Waals surface area contributed by atoms with E-state index in [1.165, 1.54) is 32.1 Å². The first-order valence-electron chi connectivity index (χ1n) is 7.66. The summed E-state index contributed by atoms with van der Waals surface area (Å²) in [6.07, 6.45) is 8.49. The van der Waals surface area contributed by atoms with Gasteiger partial charge in [-0.05, 0) is 51.0 Å². The second kappa shape index (κ2) is 6.88. The predicted molar refractivity (Wildman–Crippen MR) is 73.8 cm³/mol.